The monoisotopic (exact) mass is 279 g/mol. The second-order valence-electron chi connectivity index (χ2n) is 4.33. The highest BCUT2D eigenvalue weighted by Crippen LogP contribution is 2.10. The van der Waals surface area contributed by atoms with Crippen molar-refractivity contribution >= 4 is 11.5 Å². The first-order chi connectivity index (χ1) is 10.3. The molecule has 0 fully saturated rings. The van der Waals surface area contributed by atoms with E-state index in [1.807, 2.05) is 49.4 Å². The third-order valence-corrected chi connectivity index (χ3v) is 2.88. The van der Waals surface area contributed by atoms with Gasteiger partial charge in [0.2, 0.25) is 0 Å². The number of rotatable bonds is 4. The first-order valence-electron chi connectivity index (χ1n) is 6.38. The van der Waals surface area contributed by atoms with E-state index in [0.717, 1.165) is 17.0 Å². The van der Waals surface area contributed by atoms with E-state index in [4.69, 9.17) is 0 Å². The van der Waals surface area contributed by atoms with E-state index < -0.39 is 0 Å². The summed E-state index contributed by atoms with van der Waals surface area (Å²) < 4.78 is 1.60. The number of nitrogens with one attached hydrogen (secondary N) is 1. The average Bonchev–Trinajstić information content (AvgIpc) is 3.08. The molecule has 0 amide bonds. The summed E-state index contributed by atoms with van der Waals surface area (Å²) in [5.41, 5.74) is 5.63. The molecule has 21 heavy (non-hydrogen) atoms. The molecule has 104 valence electrons. The lowest BCUT2D eigenvalue weighted by molar-refractivity contribution is 0.789. The molecule has 0 atom stereocenters. The van der Waals surface area contributed by atoms with Crippen LogP contribution in [0.15, 0.2) is 60.1 Å². The van der Waals surface area contributed by atoms with Crippen LogP contribution in [0.5, 0.6) is 0 Å². The predicted molar refractivity (Wildman–Crippen MR) is 79.2 cm³/mol. The van der Waals surface area contributed by atoms with Crippen molar-refractivity contribution in [3.05, 3.63) is 60.6 Å². The van der Waals surface area contributed by atoms with Gasteiger partial charge in [0, 0.05) is 6.20 Å². The molecule has 0 unspecified atom stereocenters. The van der Waals surface area contributed by atoms with Gasteiger partial charge in [-0.25, -0.2) is 9.67 Å². The normalized spacial score (nSPS) is 11.4. The zero-order chi connectivity index (χ0) is 14.5. The zero-order valence-electron chi connectivity index (χ0n) is 11.4. The first kappa shape index (κ1) is 12.9. The van der Waals surface area contributed by atoms with Crippen LogP contribution in [0.1, 0.15) is 12.5 Å². The topological polar surface area (TPSA) is 80.9 Å². The second-order valence-corrected chi connectivity index (χ2v) is 4.33. The maximum Gasteiger partial charge on any atom is 0.146 e. The Hall–Kier alpha value is -3.09. The predicted octanol–water partition coefficient (Wildman–Crippen LogP) is 1.89. The van der Waals surface area contributed by atoms with Crippen molar-refractivity contribution in [3.8, 4) is 5.69 Å². The Morgan fingerprint density at radius 3 is 2.90 bits per heavy atom. The quantitative estimate of drug-likeness (QED) is 0.582. The van der Waals surface area contributed by atoms with Crippen LogP contribution < -0.4 is 5.43 Å². The molecule has 3 aromatic rings. The largest absolute Gasteiger partial charge is 0.261 e. The Labute approximate surface area is 121 Å². The Bertz CT molecular complexity index is 735. The minimum Gasteiger partial charge on any atom is -0.261 e. The number of tetrazole rings is 1. The Balaban J connectivity index is 1.81. The fraction of sp³-hybridized carbons (Fsp3) is 0.0714. The molecule has 0 bridgehead atoms. The lowest BCUT2D eigenvalue weighted by Crippen LogP contribution is -2.02. The van der Waals surface area contributed by atoms with Crippen molar-refractivity contribution in [2.24, 2.45) is 5.10 Å². The van der Waals surface area contributed by atoms with E-state index in [1.165, 1.54) is 0 Å². The number of nitrogens with zero attached hydrogens (tertiary/aromatic N) is 6. The van der Waals surface area contributed by atoms with Crippen molar-refractivity contribution < 1.29 is 0 Å². The van der Waals surface area contributed by atoms with Gasteiger partial charge in [0.25, 0.3) is 0 Å². The fourth-order valence-electron chi connectivity index (χ4n) is 1.79. The van der Waals surface area contributed by atoms with Gasteiger partial charge in [-0.15, -0.1) is 5.10 Å². The maximum atomic E-state index is 4.33. The Morgan fingerprint density at radius 2 is 2.14 bits per heavy atom. The van der Waals surface area contributed by atoms with Gasteiger partial charge in [0.15, 0.2) is 0 Å². The zero-order valence-corrected chi connectivity index (χ0v) is 11.4. The van der Waals surface area contributed by atoms with Crippen molar-refractivity contribution in [2.45, 2.75) is 6.92 Å². The van der Waals surface area contributed by atoms with Crippen LogP contribution in [0, 0.1) is 0 Å². The molecule has 0 spiro atoms. The van der Waals surface area contributed by atoms with Gasteiger partial charge in [0.1, 0.15) is 12.1 Å². The van der Waals surface area contributed by atoms with Crippen LogP contribution in [0.4, 0.5) is 5.82 Å². The van der Waals surface area contributed by atoms with Crippen molar-refractivity contribution in [1.29, 1.82) is 0 Å². The highest BCUT2D eigenvalue weighted by atomic mass is 15.5. The van der Waals surface area contributed by atoms with E-state index in [9.17, 15) is 0 Å². The van der Waals surface area contributed by atoms with Crippen LogP contribution in [0.2, 0.25) is 0 Å². The maximum absolute atomic E-state index is 4.33. The SMILES string of the molecule is C/C(=N/Nc1ccccn1)c1cccc(-n2cnnn2)c1. The minimum absolute atomic E-state index is 0.702. The Morgan fingerprint density at radius 1 is 1.19 bits per heavy atom. The molecule has 0 aliphatic rings. The van der Waals surface area contributed by atoms with Crippen LogP contribution in [0.3, 0.4) is 0 Å². The summed E-state index contributed by atoms with van der Waals surface area (Å²) in [4.78, 5) is 4.15. The van der Waals surface area contributed by atoms with Gasteiger partial charge < -0.3 is 0 Å². The smallest absolute Gasteiger partial charge is 0.146 e. The number of benzene rings is 1. The summed E-state index contributed by atoms with van der Waals surface area (Å²) in [6.07, 6.45) is 3.27. The molecule has 7 heteroatoms. The van der Waals surface area contributed by atoms with Crippen molar-refractivity contribution in [2.75, 3.05) is 5.43 Å². The molecular weight excluding hydrogens is 266 g/mol. The molecule has 1 aromatic carbocycles. The molecule has 0 aliphatic heterocycles. The van der Waals surface area contributed by atoms with E-state index >= 15 is 0 Å². The van der Waals surface area contributed by atoms with Crippen LogP contribution in [-0.4, -0.2) is 30.9 Å². The third kappa shape index (κ3) is 3.08. The van der Waals surface area contributed by atoms with Gasteiger partial charge in [-0.3, -0.25) is 5.43 Å². The molecule has 2 aromatic heterocycles. The number of hydrazone groups is 1. The van der Waals surface area contributed by atoms with E-state index in [-0.39, 0.29) is 0 Å². The van der Waals surface area contributed by atoms with Gasteiger partial charge in [-0.1, -0.05) is 18.2 Å². The number of aromatic nitrogens is 5. The van der Waals surface area contributed by atoms with Gasteiger partial charge in [-0.2, -0.15) is 5.10 Å². The molecule has 0 radical (unpaired) electrons. The van der Waals surface area contributed by atoms with Crippen LogP contribution in [0.25, 0.3) is 5.69 Å². The Kier molecular flexibility index (Phi) is 3.64. The second kappa shape index (κ2) is 5.91. The lowest BCUT2D eigenvalue weighted by atomic mass is 10.1. The number of hydrogen-bond donors (Lipinski definition) is 1. The standard InChI is InChI=1S/C14H13N7/c1-11(17-18-14-7-2-3-8-15-14)12-5-4-6-13(9-12)21-10-16-19-20-21/h2-10H,1H3,(H,15,18)/b17-11-. The number of hydrogen-bond acceptors (Lipinski definition) is 6. The lowest BCUT2D eigenvalue weighted by Gasteiger charge is -2.05. The van der Waals surface area contributed by atoms with Gasteiger partial charge >= 0.3 is 0 Å². The average molecular weight is 279 g/mol. The number of anilines is 1. The molecule has 3 rings (SSSR count). The highest BCUT2D eigenvalue weighted by molar-refractivity contribution is 5.99. The molecule has 7 nitrogen and oxygen atoms in total. The molecule has 0 aliphatic carbocycles. The summed E-state index contributed by atoms with van der Waals surface area (Å²) in [5.74, 6) is 0.702. The minimum atomic E-state index is 0.702. The van der Waals surface area contributed by atoms with Gasteiger partial charge in [-0.05, 0) is 47.2 Å². The third-order valence-electron chi connectivity index (χ3n) is 2.88. The summed E-state index contributed by atoms with van der Waals surface area (Å²) in [5, 5.41) is 15.5. The van der Waals surface area contributed by atoms with E-state index in [0.29, 0.717) is 5.82 Å². The summed E-state index contributed by atoms with van der Waals surface area (Å²) in [6.45, 7) is 1.93. The summed E-state index contributed by atoms with van der Waals surface area (Å²) in [7, 11) is 0. The molecular formula is C14H13N7. The van der Waals surface area contributed by atoms with E-state index in [2.05, 4.69) is 31.0 Å². The molecule has 0 saturated carbocycles. The fourth-order valence-corrected chi connectivity index (χ4v) is 1.79. The van der Waals surface area contributed by atoms with Crippen molar-refractivity contribution in [1.82, 2.24) is 25.2 Å². The summed E-state index contributed by atoms with van der Waals surface area (Å²) in [6, 6.07) is 13.4. The van der Waals surface area contributed by atoms with Crippen LogP contribution in [-0.2, 0) is 0 Å². The van der Waals surface area contributed by atoms with Gasteiger partial charge in [0.05, 0.1) is 11.4 Å². The molecule has 2 heterocycles. The molecule has 1 N–H and O–H groups in total. The van der Waals surface area contributed by atoms with Crippen molar-refractivity contribution in [3.63, 3.8) is 0 Å². The summed E-state index contributed by atoms with van der Waals surface area (Å²) >= 11 is 0. The first-order valence-corrected chi connectivity index (χ1v) is 6.38. The molecule has 0 saturated heterocycles. The number of pyridine rings is 1. The highest BCUT2D eigenvalue weighted by Gasteiger charge is 2.02. The van der Waals surface area contributed by atoms with Crippen LogP contribution >= 0.6 is 0 Å². The van der Waals surface area contributed by atoms with E-state index in [1.54, 1.807) is 17.2 Å².